The number of nitrogens with one attached hydrogen (secondary N) is 1. The highest BCUT2D eigenvalue weighted by Crippen LogP contribution is 2.05. The molecule has 0 aliphatic carbocycles. The van der Waals surface area contributed by atoms with Crippen molar-refractivity contribution in [2.75, 3.05) is 19.1 Å². The van der Waals surface area contributed by atoms with Crippen molar-refractivity contribution in [2.24, 2.45) is 0 Å². The van der Waals surface area contributed by atoms with Gasteiger partial charge in [-0.1, -0.05) is 37.3 Å². The molecule has 1 rings (SSSR count). The molecule has 100 valence electrons. The summed E-state index contributed by atoms with van der Waals surface area (Å²) in [5, 5.41) is 3.05. The van der Waals surface area contributed by atoms with Crippen LogP contribution in [0.1, 0.15) is 18.9 Å². The smallest absolute Gasteiger partial charge is 0.317 e. The summed E-state index contributed by atoms with van der Waals surface area (Å²) in [6.45, 7) is 2.74. The van der Waals surface area contributed by atoms with Crippen molar-refractivity contribution in [3.8, 4) is 0 Å². The molecule has 2 amide bonds. The molecule has 1 aromatic rings. The minimum atomic E-state index is -0.000229. The monoisotopic (exact) mass is 266 g/mol. The summed E-state index contributed by atoms with van der Waals surface area (Å²) in [6, 6.07) is 10.3. The zero-order valence-electron chi connectivity index (χ0n) is 11.3. The van der Waals surface area contributed by atoms with E-state index in [0.717, 1.165) is 17.7 Å². The van der Waals surface area contributed by atoms with Gasteiger partial charge in [0.15, 0.2) is 0 Å². The minimum Gasteiger partial charge on any atom is -0.334 e. The molecule has 0 saturated carbocycles. The molecule has 1 N–H and O–H groups in total. The Morgan fingerprint density at radius 3 is 2.61 bits per heavy atom. The van der Waals surface area contributed by atoms with E-state index in [1.807, 2.05) is 37.4 Å². The third-order valence-electron chi connectivity index (χ3n) is 2.80. The molecule has 0 spiro atoms. The number of benzene rings is 1. The minimum absolute atomic E-state index is 0.000229. The van der Waals surface area contributed by atoms with Crippen LogP contribution < -0.4 is 5.32 Å². The zero-order chi connectivity index (χ0) is 13.4. The van der Waals surface area contributed by atoms with Crippen molar-refractivity contribution in [2.45, 2.75) is 25.9 Å². The van der Waals surface area contributed by atoms with E-state index in [1.165, 1.54) is 0 Å². The highest BCUT2D eigenvalue weighted by molar-refractivity contribution is 7.98. The van der Waals surface area contributed by atoms with Gasteiger partial charge in [-0.15, -0.1) is 0 Å². The predicted octanol–water partition coefficient (Wildman–Crippen LogP) is 2.97. The summed E-state index contributed by atoms with van der Waals surface area (Å²) < 4.78 is 0. The molecule has 0 unspecified atom stereocenters. The second kappa shape index (κ2) is 8.03. The molecule has 0 radical (unpaired) electrons. The average Bonchev–Trinajstić information content (AvgIpc) is 2.39. The van der Waals surface area contributed by atoms with Gasteiger partial charge in [0.1, 0.15) is 0 Å². The highest BCUT2D eigenvalue weighted by Gasteiger charge is 2.13. The van der Waals surface area contributed by atoms with Crippen molar-refractivity contribution < 1.29 is 4.79 Å². The molecule has 3 nitrogen and oxygen atoms in total. The molecule has 0 bridgehead atoms. The number of amides is 2. The van der Waals surface area contributed by atoms with Gasteiger partial charge in [-0.05, 0) is 18.2 Å². The lowest BCUT2D eigenvalue weighted by atomic mass is 10.2. The number of hydrogen-bond donors (Lipinski definition) is 1. The first kappa shape index (κ1) is 14.9. The first-order valence-corrected chi connectivity index (χ1v) is 7.61. The van der Waals surface area contributed by atoms with Crippen LogP contribution in [0, 0.1) is 0 Å². The molecule has 0 aliphatic rings. The Labute approximate surface area is 114 Å². The van der Waals surface area contributed by atoms with Crippen molar-refractivity contribution in [3.63, 3.8) is 0 Å². The average molecular weight is 266 g/mol. The standard InChI is InChI=1S/C14H22N2OS/c1-4-13(11-18-3)15-14(17)16(2)10-12-8-6-5-7-9-12/h5-9,13H,4,10-11H2,1-3H3,(H,15,17)/t13-/m1/s1. The maximum Gasteiger partial charge on any atom is 0.317 e. The fraction of sp³-hybridized carbons (Fsp3) is 0.500. The quantitative estimate of drug-likeness (QED) is 0.858. The molecule has 4 heteroatoms. The van der Waals surface area contributed by atoms with Gasteiger partial charge in [0.25, 0.3) is 0 Å². The number of rotatable bonds is 6. The topological polar surface area (TPSA) is 32.3 Å². The van der Waals surface area contributed by atoms with Crippen molar-refractivity contribution in [1.29, 1.82) is 0 Å². The van der Waals surface area contributed by atoms with Gasteiger partial charge in [-0.25, -0.2) is 4.79 Å². The number of thioether (sulfide) groups is 1. The van der Waals surface area contributed by atoms with Crippen LogP contribution in [0.4, 0.5) is 4.79 Å². The maximum atomic E-state index is 12.0. The van der Waals surface area contributed by atoms with E-state index in [2.05, 4.69) is 18.5 Å². The zero-order valence-corrected chi connectivity index (χ0v) is 12.2. The Kier molecular flexibility index (Phi) is 6.65. The SMILES string of the molecule is CC[C@H](CSC)NC(=O)N(C)Cc1ccccc1. The van der Waals surface area contributed by atoms with Crippen LogP contribution in [0.5, 0.6) is 0 Å². The molecule has 0 heterocycles. The molecule has 0 aliphatic heterocycles. The molecule has 0 aromatic heterocycles. The molecular formula is C14H22N2OS. The van der Waals surface area contributed by atoms with Gasteiger partial charge in [0.05, 0.1) is 0 Å². The Bertz CT molecular complexity index is 356. The molecular weight excluding hydrogens is 244 g/mol. The lowest BCUT2D eigenvalue weighted by Crippen LogP contribution is -2.43. The van der Waals surface area contributed by atoms with E-state index in [4.69, 9.17) is 0 Å². The van der Waals surface area contributed by atoms with Crippen molar-refractivity contribution in [3.05, 3.63) is 35.9 Å². The molecule has 1 aromatic carbocycles. The fourth-order valence-electron chi connectivity index (χ4n) is 1.68. The number of nitrogens with zero attached hydrogens (tertiary/aromatic N) is 1. The van der Waals surface area contributed by atoms with E-state index in [-0.39, 0.29) is 12.1 Å². The van der Waals surface area contributed by atoms with Crippen LogP contribution in [0.15, 0.2) is 30.3 Å². The van der Waals surface area contributed by atoms with E-state index in [0.29, 0.717) is 6.54 Å². The van der Waals surface area contributed by atoms with E-state index in [9.17, 15) is 4.79 Å². The van der Waals surface area contributed by atoms with Crippen molar-refractivity contribution >= 4 is 17.8 Å². The Balaban J connectivity index is 2.46. The Morgan fingerprint density at radius 2 is 2.06 bits per heavy atom. The molecule has 0 fully saturated rings. The third kappa shape index (κ3) is 5.00. The van der Waals surface area contributed by atoms with Crippen LogP contribution in [0.3, 0.4) is 0 Å². The van der Waals surface area contributed by atoms with Gasteiger partial charge in [0, 0.05) is 25.4 Å². The first-order valence-electron chi connectivity index (χ1n) is 6.21. The lowest BCUT2D eigenvalue weighted by Gasteiger charge is -2.22. The van der Waals surface area contributed by atoms with Gasteiger partial charge in [-0.3, -0.25) is 0 Å². The molecule has 0 saturated heterocycles. The van der Waals surface area contributed by atoms with Crippen LogP contribution in [-0.2, 0) is 6.54 Å². The predicted molar refractivity (Wildman–Crippen MR) is 78.9 cm³/mol. The van der Waals surface area contributed by atoms with Crippen molar-refractivity contribution in [1.82, 2.24) is 10.2 Å². The Morgan fingerprint density at radius 1 is 1.39 bits per heavy atom. The van der Waals surface area contributed by atoms with Crippen LogP contribution >= 0.6 is 11.8 Å². The first-order chi connectivity index (χ1) is 8.67. The number of carbonyl (C=O) groups excluding carboxylic acids is 1. The second-order valence-electron chi connectivity index (χ2n) is 4.35. The molecule has 18 heavy (non-hydrogen) atoms. The summed E-state index contributed by atoms with van der Waals surface area (Å²) in [6.07, 6.45) is 3.02. The summed E-state index contributed by atoms with van der Waals surface area (Å²) in [7, 11) is 1.83. The lowest BCUT2D eigenvalue weighted by molar-refractivity contribution is 0.203. The number of hydrogen-bond acceptors (Lipinski definition) is 2. The van der Waals surface area contributed by atoms with E-state index < -0.39 is 0 Å². The van der Waals surface area contributed by atoms with Crippen LogP contribution in [0.2, 0.25) is 0 Å². The summed E-state index contributed by atoms with van der Waals surface area (Å²) >= 11 is 1.76. The summed E-state index contributed by atoms with van der Waals surface area (Å²) in [5.74, 6) is 0.960. The van der Waals surface area contributed by atoms with Crippen LogP contribution in [-0.4, -0.2) is 36.0 Å². The van der Waals surface area contributed by atoms with Crippen LogP contribution in [0.25, 0.3) is 0 Å². The summed E-state index contributed by atoms with van der Waals surface area (Å²) in [4.78, 5) is 13.7. The number of urea groups is 1. The Hall–Kier alpha value is -1.16. The van der Waals surface area contributed by atoms with Gasteiger partial charge in [0.2, 0.25) is 0 Å². The van der Waals surface area contributed by atoms with Gasteiger partial charge in [-0.2, -0.15) is 11.8 Å². The summed E-state index contributed by atoms with van der Waals surface area (Å²) in [5.41, 5.74) is 1.15. The second-order valence-corrected chi connectivity index (χ2v) is 5.26. The number of carbonyl (C=O) groups is 1. The fourth-order valence-corrected chi connectivity index (χ4v) is 2.40. The normalized spacial score (nSPS) is 11.9. The van der Waals surface area contributed by atoms with Gasteiger partial charge >= 0.3 is 6.03 Å². The molecule has 1 atom stereocenters. The largest absolute Gasteiger partial charge is 0.334 e. The maximum absolute atomic E-state index is 12.0. The van der Waals surface area contributed by atoms with Gasteiger partial charge < -0.3 is 10.2 Å². The van der Waals surface area contributed by atoms with E-state index in [1.54, 1.807) is 16.7 Å². The highest BCUT2D eigenvalue weighted by atomic mass is 32.2. The van der Waals surface area contributed by atoms with E-state index >= 15 is 0 Å². The third-order valence-corrected chi connectivity index (χ3v) is 3.53.